The molecule has 3 rings (SSSR count). The Morgan fingerprint density at radius 3 is 2.89 bits per heavy atom. The number of H-pyrrole nitrogens is 1. The maximum Gasteiger partial charge on any atom is 0.172 e. The van der Waals surface area contributed by atoms with Gasteiger partial charge in [0.15, 0.2) is 5.16 Å². The van der Waals surface area contributed by atoms with Gasteiger partial charge < -0.3 is 4.98 Å². The van der Waals surface area contributed by atoms with E-state index in [4.69, 9.17) is 11.6 Å². The number of imidazole rings is 1. The van der Waals surface area contributed by atoms with Crippen LogP contribution in [0.3, 0.4) is 0 Å². The van der Waals surface area contributed by atoms with Gasteiger partial charge in [-0.3, -0.25) is 0 Å². The van der Waals surface area contributed by atoms with Crippen molar-refractivity contribution in [2.45, 2.75) is 10.2 Å². The quantitative estimate of drug-likeness (QED) is 0.718. The molecule has 0 saturated carbocycles. The van der Waals surface area contributed by atoms with Gasteiger partial charge in [-0.15, -0.1) is 0 Å². The normalized spacial score (nSPS) is 11.0. The van der Waals surface area contributed by atoms with Crippen LogP contribution in [0.25, 0.3) is 11.0 Å². The predicted octanol–water partition coefficient (Wildman–Crippen LogP) is 3.92. The Balaban J connectivity index is 1.99. The molecule has 0 amide bonds. The molecule has 18 heavy (non-hydrogen) atoms. The summed E-state index contributed by atoms with van der Waals surface area (Å²) in [5, 5.41) is 1.89. The molecule has 7 heteroatoms. The number of benzene rings is 1. The van der Waals surface area contributed by atoms with Gasteiger partial charge in [-0.2, -0.15) is 0 Å². The molecule has 0 atom stereocenters. The fraction of sp³-hybridized carbons (Fsp3) is 0. The Morgan fingerprint density at radius 2 is 2.06 bits per heavy atom. The highest BCUT2D eigenvalue weighted by Gasteiger charge is 2.11. The first-order chi connectivity index (χ1) is 8.74. The molecule has 0 fully saturated rings. The van der Waals surface area contributed by atoms with Crippen LogP contribution >= 0.6 is 39.3 Å². The summed E-state index contributed by atoms with van der Waals surface area (Å²) in [5.74, 6) is 0. The maximum atomic E-state index is 5.92. The zero-order valence-corrected chi connectivity index (χ0v) is 12.1. The molecule has 0 aliphatic carbocycles. The van der Waals surface area contributed by atoms with Crippen LogP contribution in [0.4, 0.5) is 0 Å². The summed E-state index contributed by atoms with van der Waals surface area (Å²) in [6.45, 7) is 0. The summed E-state index contributed by atoms with van der Waals surface area (Å²) in [5.41, 5.74) is 1.92. The number of aromatic nitrogens is 4. The van der Waals surface area contributed by atoms with Gasteiger partial charge in [-0.25, -0.2) is 15.0 Å². The van der Waals surface area contributed by atoms with E-state index < -0.39 is 0 Å². The highest BCUT2D eigenvalue weighted by atomic mass is 79.9. The van der Waals surface area contributed by atoms with Crippen LogP contribution in [0.2, 0.25) is 5.15 Å². The zero-order chi connectivity index (χ0) is 12.5. The minimum absolute atomic E-state index is 0.392. The highest BCUT2D eigenvalue weighted by Crippen LogP contribution is 2.33. The second kappa shape index (κ2) is 4.87. The number of para-hydroxylation sites is 2. The average molecular weight is 342 g/mol. The van der Waals surface area contributed by atoms with E-state index in [0.29, 0.717) is 9.63 Å². The van der Waals surface area contributed by atoms with E-state index >= 15 is 0 Å². The molecule has 2 heterocycles. The van der Waals surface area contributed by atoms with E-state index in [0.717, 1.165) is 21.2 Å². The van der Waals surface area contributed by atoms with Crippen LogP contribution in [0, 0.1) is 0 Å². The van der Waals surface area contributed by atoms with E-state index in [-0.39, 0.29) is 0 Å². The van der Waals surface area contributed by atoms with Gasteiger partial charge >= 0.3 is 0 Å². The second-order valence-electron chi connectivity index (χ2n) is 3.44. The van der Waals surface area contributed by atoms with E-state index in [2.05, 4.69) is 35.9 Å². The molecule has 1 aromatic carbocycles. The molecule has 0 aliphatic rings. The Bertz CT molecular complexity index is 682. The van der Waals surface area contributed by atoms with Crippen molar-refractivity contribution in [3.05, 3.63) is 40.2 Å². The topological polar surface area (TPSA) is 54.5 Å². The summed E-state index contributed by atoms with van der Waals surface area (Å²) in [7, 11) is 0. The summed E-state index contributed by atoms with van der Waals surface area (Å²) >= 11 is 10.7. The molecule has 0 spiro atoms. The first-order valence-corrected chi connectivity index (χ1v) is 7.01. The number of halogens is 2. The van der Waals surface area contributed by atoms with Gasteiger partial charge in [-0.1, -0.05) is 23.7 Å². The summed E-state index contributed by atoms with van der Waals surface area (Å²) in [6, 6.07) is 7.85. The molecule has 0 bridgehead atoms. The number of hydrogen-bond donors (Lipinski definition) is 1. The van der Waals surface area contributed by atoms with Crippen LogP contribution < -0.4 is 0 Å². The number of fused-ring (bicyclic) bond motifs is 1. The summed E-state index contributed by atoms with van der Waals surface area (Å²) < 4.78 is 0.678. The largest absolute Gasteiger partial charge is 0.333 e. The van der Waals surface area contributed by atoms with Crippen LogP contribution in [-0.2, 0) is 0 Å². The van der Waals surface area contributed by atoms with Crippen molar-refractivity contribution in [2.75, 3.05) is 0 Å². The predicted molar refractivity (Wildman–Crippen MR) is 75.0 cm³/mol. The van der Waals surface area contributed by atoms with Gasteiger partial charge in [0.25, 0.3) is 0 Å². The third-order valence-electron chi connectivity index (χ3n) is 2.28. The van der Waals surface area contributed by atoms with Crippen LogP contribution in [0.5, 0.6) is 0 Å². The minimum atomic E-state index is 0.392. The molecule has 0 aliphatic heterocycles. The number of rotatable bonds is 2. The molecule has 1 N–H and O–H groups in total. The van der Waals surface area contributed by atoms with Crippen molar-refractivity contribution in [2.24, 2.45) is 0 Å². The smallest absolute Gasteiger partial charge is 0.172 e. The number of aromatic amines is 1. The Kier molecular flexibility index (Phi) is 3.23. The van der Waals surface area contributed by atoms with E-state index in [9.17, 15) is 0 Å². The molecule has 0 saturated heterocycles. The van der Waals surface area contributed by atoms with Crippen LogP contribution in [0.1, 0.15) is 0 Å². The van der Waals surface area contributed by atoms with Crippen molar-refractivity contribution in [1.82, 2.24) is 19.9 Å². The molecule has 0 unspecified atom stereocenters. The van der Waals surface area contributed by atoms with Crippen LogP contribution in [-0.4, -0.2) is 19.9 Å². The standard InChI is InChI=1S/C11H6BrClN4S/c12-8-9(13)14-5-15-10(8)18-11-16-6-3-1-2-4-7(6)17-11/h1-5H,(H,16,17). The van der Waals surface area contributed by atoms with E-state index in [1.165, 1.54) is 18.1 Å². The lowest BCUT2D eigenvalue weighted by Crippen LogP contribution is -1.87. The van der Waals surface area contributed by atoms with E-state index in [1.54, 1.807) is 0 Å². The third-order valence-corrected chi connectivity index (χ3v) is 4.69. The second-order valence-corrected chi connectivity index (χ2v) is 5.57. The van der Waals surface area contributed by atoms with Gasteiger partial charge in [-0.05, 0) is 39.8 Å². The Hall–Kier alpha value is -1.11. The van der Waals surface area contributed by atoms with E-state index in [1.807, 2.05) is 24.3 Å². The Morgan fingerprint density at radius 1 is 1.22 bits per heavy atom. The number of hydrogen-bond acceptors (Lipinski definition) is 4. The molecule has 90 valence electrons. The molecule has 3 aromatic rings. The molecule has 0 radical (unpaired) electrons. The fourth-order valence-corrected chi connectivity index (χ4v) is 2.89. The lowest BCUT2D eigenvalue weighted by atomic mass is 10.3. The summed E-state index contributed by atoms with van der Waals surface area (Å²) in [4.78, 5) is 15.7. The van der Waals surface area contributed by atoms with Gasteiger partial charge in [0, 0.05) is 0 Å². The van der Waals surface area contributed by atoms with Crippen molar-refractivity contribution in [1.29, 1.82) is 0 Å². The zero-order valence-electron chi connectivity index (χ0n) is 8.89. The van der Waals surface area contributed by atoms with Gasteiger partial charge in [0.2, 0.25) is 0 Å². The summed E-state index contributed by atoms with van der Waals surface area (Å²) in [6.07, 6.45) is 1.43. The van der Waals surface area contributed by atoms with Crippen molar-refractivity contribution >= 4 is 50.3 Å². The Labute approximate surface area is 120 Å². The minimum Gasteiger partial charge on any atom is -0.333 e. The highest BCUT2D eigenvalue weighted by molar-refractivity contribution is 9.10. The molecular formula is C11H6BrClN4S. The number of nitrogens with one attached hydrogen (secondary N) is 1. The van der Waals surface area contributed by atoms with Gasteiger partial charge in [0.05, 0.1) is 15.5 Å². The van der Waals surface area contributed by atoms with Crippen molar-refractivity contribution in [3.63, 3.8) is 0 Å². The van der Waals surface area contributed by atoms with Crippen molar-refractivity contribution < 1.29 is 0 Å². The van der Waals surface area contributed by atoms with Gasteiger partial charge in [0.1, 0.15) is 16.5 Å². The maximum absolute atomic E-state index is 5.92. The molecule has 4 nitrogen and oxygen atoms in total. The third kappa shape index (κ3) is 2.23. The first kappa shape index (κ1) is 12.0. The SMILES string of the molecule is Clc1ncnc(Sc2nc3ccccc3[nH]2)c1Br. The molecule has 2 aromatic heterocycles. The monoisotopic (exact) mass is 340 g/mol. The molecular weight excluding hydrogens is 336 g/mol. The lowest BCUT2D eigenvalue weighted by Gasteiger charge is -2.00. The lowest BCUT2D eigenvalue weighted by molar-refractivity contribution is 1.01. The average Bonchev–Trinajstić information content (AvgIpc) is 2.77. The number of nitrogens with zero attached hydrogens (tertiary/aromatic N) is 3. The fourth-order valence-electron chi connectivity index (χ4n) is 1.47. The van der Waals surface area contributed by atoms with Crippen LogP contribution in [0.15, 0.2) is 45.2 Å². The van der Waals surface area contributed by atoms with Crippen molar-refractivity contribution in [3.8, 4) is 0 Å². The first-order valence-electron chi connectivity index (χ1n) is 5.02.